The summed E-state index contributed by atoms with van der Waals surface area (Å²) >= 11 is 1.49. The first kappa shape index (κ1) is 10.7. The van der Waals surface area contributed by atoms with Crippen molar-refractivity contribution in [2.24, 2.45) is 5.73 Å². The van der Waals surface area contributed by atoms with Crippen molar-refractivity contribution in [2.75, 3.05) is 6.54 Å². The van der Waals surface area contributed by atoms with E-state index in [0.717, 1.165) is 15.6 Å². The van der Waals surface area contributed by atoms with Crippen LogP contribution in [0.3, 0.4) is 0 Å². The molecule has 16 heavy (non-hydrogen) atoms. The second kappa shape index (κ2) is 4.84. The molecule has 2 aromatic heterocycles. The molecule has 2 heterocycles. The van der Waals surface area contributed by atoms with Gasteiger partial charge in [0.15, 0.2) is 5.69 Å². The van der Waals surface area contributed by atoms with Gasteiger partial charge < -0.3 is 5.73 Å². The fraction of sp³-hybridized carbons (Fsp3) is 0.182. The number of rotatable bonds is 3. The molecule has 0 aliphatic rings. The maximum absolute atomic E-state index is 9.00. The second-order valence-electron chi connectivity index (χ2n) is 3.15. The minimum Gasteiger partial charge on any atom is -0.330 e. The molecule has 0 aromatic carbocycles. The van der Waals surface area contributed by atoms with Crippen LogP contribution in [0.1, 0.15) is 10.7 Å². The highest BCUT2D eigenvalue weighted by molar-refractivity contribution is 7.15. The lowest BCUT2D eigenvalue weighted by atomic mass is 10.3. The van der Waals surface area contributed by atoms with E-state index in [1.165, 1.54) is 11.3 Å². The number of nitrogens with two attached hydrogens (primary N) is 1. The third-order valence-electron chi connectivity index (χ3n) is 2.03. The predicted molar refractivity (Wildman–Crippen MR) is 62.8 cm³/mol. The Labute approximate surface area is 97.4 Å². The molecular formula is C11H10N4S. The molecule has 0 saturated carbocycles. The van der Waals surface area contributed by atoms with Crippen molar-refractivity contribution in [2.45, 2.75) is 6.42 Å². The van der Waals surface area contributed by atoms with Gasteiger partial charge in [0.05, 0.1) is 15.6 Å². The monoisotopic (exact) mass is 230 g/mol. The van der Waals surface area contributed by atoms with Crippen LogP contribution >= 0.6 is 11.3 Å². The van der Waals surface area contributed by atoms with E-state index in [1.54, 1.807) is 6.20 Å². The van der Waals surface area contributed by atoms with Crippen LogP contribution in [0.5, 0.6) is 0 Å². The molecule has 5 heteroatoms. The van der Waals surface area contributed by atoms with Gasteiger partial charge in [-0.1, -0.05) is 6.07 Å². The minimum absolute atomic E-state index is 0.437. The molecule has 0 unspecified atom stereocenters. The van der Waals surface area contributed by atoms with Crippen LogP contribution in [0.2, 0.25) is 0 Å². The Morgan fingerprint density at radius 1 is 1.44 bits per heavy atom. The SMILES string of the molecule is N#Cc1nc(CCN)sc1-c1ccccn1. The van der Waals surface area contributed by atoms with Gasteiger partial charge in [-0.25, -0.2) is 4.98 Å². The van der Waals surface area contributed by atoms with E-state index in [1.807, 2.05) is 18.2 Å². The van der Waals surface area contributed by atoms with Gasteiger partial charge in [-0.3, -0.25) is 4.98 Å². The van der Waals surface area contributed by atoms with Gasteiger partial charge in [0.2, 0.25) is 0 Å². The van der Waals surface area contributed by atoms with Crippen molar-refractivity contribution in [3.63, 3.8) is 0 Å². The lowest BCUT2D eigenvalue weighted by Gasteiger charge is -1.94. The highest BCUT2D eigenvalue weighted by Crippen LogP contribution is 2.28. The zero-order valence-corrected chi connectivity index (χ0v) is 9.37. The number of hydrogen-bond donors (Lipinski definition) is 1. The molecule has 0 saturated heterocycles. The average Bonchev–Trinajstić information content (AvgIpc) is 2.74. The van der Waals surface area contributed by atoms with Crippen molar-refractivity contribution in [1.82, 2.24) is 9.97 Å². The normalized spacial score (nSPS) is 10.0. The number of pyridine rings is 1. The number of aromatic nitrogens is 2. The Kier molecular flexibility index (Phi) is 3.25. The van der Waals surface area contributed by atoms with Crippen molar-refractivity contribution >= 4 is 11.3 Å². The van der Waals surface area contributed by atoms with Crippen LogP contribution in [0, 0.1) is 11.3 Å². The lowest BCUT2D eigenvalue weighted by molar-refractivity contribution is 0.950. The molecule has 2 rings (SSSR count). The van der Waals surface area contributed by atoms with Crippen LogP contribution in [0.4, 0.5) is 0 Å². The van der Waals surface area contributed by atoms with Crippen molar-refractivity contribution in [3.05, 3.63) is 35.1 Å². The van der Waals surface area contributed by atoms with Crippen LogP contribution in [0.25, 0.3) is 10.6 Å². The van der Waals surface area contributed by atoms with Crippen molar-refractivity contribution in [3.8, 4) is 16.6 Å². The predicted octanol–water partition coefficient (Wildman–Crippen LogP) is 1.58. The smallest absolute Gasteiger partial charge is 0.161 e. The number of hydrogen-bond acceptors (Lipinski definition) is 5. The molecular weight excluding hydrogens is 220 g/mol. The fourth-order valence-corrected chi connectivity index (χ4v) is 2.35. The third kappa shape index (κ3) is 2.08. The molecule has 0 aliphatic heterocycles. The van der Waals surface area contributed by atoms with E-state index in [4.69, 9.17) is 11.0 Å². The molecule has 0 fully saturated rings. The van der Waals surface area contributed by atoms with Gasteiger partial charge in [0, 0.05) is 12.6 Å². The summed E-state index contributed by atoms with van der Waals surface area (Å²) in [6.45, 7) is 0.542. The van der Waals surface area contributed by atoms with E-state index >= 15 is 0 Å². The zero-order chi connectivity index (χ0) is 11.4. The Hall–Kier alpha value is -1.77. The first-order valence-corrected chi connectivity index (χ1v) is 5.68. The highest BCUT2D eigenvalue weighted by Gasteiger charge is 2.12. The standard InChI is InChI=1S/C11H10N4S/c12-5-4-10-15-9(7-13)11(16-10)8-3-1-2-6-14-8/h1-3,6H,4-5,12H2. The molecule has 0 bridgehead atoms. The number of nitrogens with zero attached hydrogens (tertiary/aromatic N) is 3. The van der Waals surface area contributed by atoms with Gasteiger partial charge in [0.25, 0.3) is 0 Å². The first-order chi connectivity index (χ1) is 7.85. The van der Waals surface area contributed by atoms with E-state index in [0.29, 0.717) is 18.7 Å². The lowest BCUT2D eigenvalue weighted by Crippen LogP contribution is -2.01. The van der Waals surface area contributed by atoms with Gasteiger partial charge >= 0.3 is 0 Å². The van der Waals surface area contributed by atoms with Crippen LogP contribution < -0.4 is 5.73 Å². The molecule has 0 radical (unpaired) electrons. The maximum atomic E-state index is 9.00. The van der Waals surface area contributed by atoms with Gasteiger partial charge in [0.1, 0.15) is 6.07 Å². The van der Waals surface area contributed by atoms with E-state index in [-0.39, 0.29) is 0 Å². The van der Waals surface area contributed by atoms with Gasteiger partial charge in [-0.05, 0) is 18.7 Å². The summed E-state index contributed by atoms with van der Waals surface area (Å²) in [5, 5.41) is 9.89. The highest BCUT2D eigenvalue weighted by atomic mass is 32.1. The maximum Gasteiger partial charge on any atom is 0.161 e. The van der Waals surface area contributed by atoms with Crippen molar-refractivity contribution in [1.29, 1.82) is 5.26 Å². The van der Waals surface area contributed by atoms with Gasteiger partial charge in [-0.2, -0.15) is 5.26 Å². The molecule has 80 valence electrons. The molecule has 0 atom stereocenters. The summed E-state index contributed by atoms with van der Waals surface area (Å²) < 4.78 is 0. The van der Waals surface area contributed by atoms with Gasteiger partial charge in [-0.15, -0.1) is 11.3 Å². The van der Waals surface area contributed by atoms with E-state index in [9.17, 15) is 0 Å². The second-order valence-corrected chi connectivity index (χ2v) is 4.23. The number of thiazole rings is 1. The molecule has 2 N–H and O–H groups in total. The summed E-state index contributed by atoms with van der Waals surface area (Å²) in [5.74, 6) is 0. The number of nitriles is 1. The molecule has 0 amide bonds. The van der Waals surface area contributed by atoms with E-state index < -0.39 is 0 Å². The van der Waals surface area contributed by atoms with Crippen LogP contribution in [0.15, 0.2) is 24.4 Å². The summed E-state index contributed by atoms with van der Waals surface area (Å²) in [6.07, 6.45) is 2.41. The molecule has 4 nitrogen and oxygen atoms in total. The largest absolute Gasteiger partial charge is 0.330 e. The quantitative estimate of drug-likeness (QED) is 0.868. The topological polar surface area (TPSA) is 75.6 Å². The van der Waals surface area contributed by atoms with E-state index in [2.05, 4.69) is 16.0 Å². The third-order valence-corrected chi connectivity index (χ3v) is 3.17. The average molecular weight is 230 g/mol. The summed E-state index contributed by atoms with van der Waals surface area (Å²) in [4.78, 5) is 9.28. The molecule has 0 spiro atoms. The molecule has 2 aromatic rings. The molecule has 0 aliphatic carbocycles. The Morgan fingerprint density at radius 3 is 2.94 bits per heavy atom. The minimum atomic E-state index is 0.437. The Balaban J connectivity index is 2.45. The first-order valence-electron chi connectivity index (χ1n) is 4.86. The Bertz CT molecular complexity index is 513. The fourth-order valence-electron chi connectivity index (χ4n) is 1.34. The summed E-state index contributed by atoms with van der Waals surface area (Å²) in [7, 11) is 0. The van der Waals surface area contributed by atoms with Crippen LogP contribution in [-0.4, -0.2) is 16.5 Å². The zero-order valence-electron chi connectivity index (χ0n) is 8.55. The summed E-state index contributed by atoms with van der Waals surface area (Å²) in [6, 6.07) is 7.71. The van der Waals surface area contributed by atoms with Crippen molar-refractivity contribution < 1.29 is 0 Å². The summed E-state index contributed by atoms with van der Waals surface area (Å²) in [5.41, 5.74) is 6.70. The van der Waals surface area contributed by atoms with Crippen LogP contribution in [-0.2, 0) is 6.42 Å². The Morgan fingerprint density at radius 2 is 2.31 bits per heavy atom.